The molecule has 0 amide bonds. The molecule has 0 saturated heterocycles. The van der Waals surface area contributed by atoms with Crippen LogP contribution in [0.1, 0.15) is 0 Å². The quantitative estimate of drug-likeness (QED) is 0.408. The lowest BCUT2D eigenvalue weighted by molar-refractivity contribution is 0.631. The van der Waals surface area contributed by atoms with Crippen LogP contribution in [0.2, 0.25) is 5.02 Å². The van der Waals surface area contributed by atoms with Gasteiger partial charge in [0.05, 0.1) is 11.2 Å². The Kier molecular flexibility index (Phi) is 5.12. The number of fused-ring (bicyclic) bond motifs is 1. The summed E-state index contributed by atoms with van der Waals surface area (Å²) in [6.07, 6.45) is 0. The molecule has 1 heterocycles. The summed E-state index contributed by atoms with van der Waals surface area (Å²) in [7, 11) is 0. The second-order valence-corrected chi connectivity index (χ2v) is 6.26. The zero-order valence-electron chi connectivity index (χ0n) is 13.6. The molecule has 130 valence electrons. The molecular formula is C21H15Cl2FN2. The summed E-state index contributed by atoms with van der Waals surface area (Å²) >= 11 is 6.16. The minimum absolute atomic E-state index is 0. The van der Waals surface area contributed by atoms with Gasteiger partial charge in [0.2, 0.25) is 0 Å². The molecule has 4 rings (SSSR count). The topological polar surface area (TPSA) is 38.9 Å². The molecule has 2 nitrogen and oxygen atoms in total. The molecule has 0 atom stereocenters. The second kappa shape index (κ2) is 7.32. The lowest BCUT2D eigenvalue weighted by Gasteiger charge is -2.12. The smallest absolute Gasteiger partial charge is 0.131 e. The summed E-state index contributed by atoms with van der Waals surface area (Å²) in [5, 5.41) is 1.40. The Balaban J connectivity index is 0.00000196. The molecule has 5 heteroatoms. The van der Waals surface area contributed by atoms with Gasteiger partial charge in [-0.1, -0.05) is 41.9 Å². The molecule has 0 aliphatic heterocycles. The number of hydrogen-bond acceptors (Lipinski definition) is 2. The van der Waals surface area contributed by atoms with Crippen LogP contribution in [0.4, 0.5) is 10.1 Å². The van der Waals surface area contributed by atoms with Gasteiger partial charge in [-0.05, 0) is 48.0 Å². The first-order valence-corrected chi connectivity index (χ1v) is 8.21. The number of pyridine rings is 1. The lowest BCUT2D eigenvalue weighted by Crippen LogP contribution is -1.93. The Morgan fingerprint density at radius 3 is 2.42 bits per heavy atom. The standard InChI is InChI=1S/C21H14ClFN2.ClH/c22-14-8-9-20-18(11-14)17(16-6-1-2-7-19(16)23)12-21(25-20)13-4-3-5-15(24)10-13;/h1-12H,24H2;1H. The third-order valence-electron chi connectivity index (χ3n) is 4.12. The highest BCUT2D eigenvalue weighted by Crippen LogP contribution is 2.34. The molecule has 4 aromatic rings. The van der Waals surface area contributed by atoms with Crippen LogP contribution in [0, 0.1) is 5.82 Å². The van der Waals surface area contributed by atoms with Gasteiger partial charge in [0.1, 0.15) is 5.82 Å². The highest BCUT2D eigenvalue weighted by atomic mass is 35.5. The van der Waals surface area contributed by atoms with Crippen molar-refractivity contribution in [3.8, 4) is 22.4 Å². The predicted octanol–water partition coefficient (Wildman–Crippen LogP) is 6.37. The largest absolute Gasteiger partial charge is 0.399 e. The van der Waals surface area contributed by atoms with Crippen molar-refractivity contribution in [1.82, 2.24) is 4.98 Å². The lowest BCUT2D eigenvalue weighted by atomic mass is 9.98. The van der Waals surface area contributed by atoms with Gasteiger partial charge in [-0.15, -0.1) is 12.4 Å². The van der Waals surface area contributed by atoms with E-state index in [0.29, 0.717) is 16.3 Å². The Bertz CT molecular complexity index is 1100. The molecule has 1 aromatic heterocycles. The summed E-state index contributed by atoms with van der Waals surface area (Å²) < 4.78 is 14.4. The maximum Gasteiger partial charge on any atom is 0.131 e. The SMILES string of the molecule is Cl.Nc1cccc(-c2cc(-c3ccccc3F)c3cc(Cl)ccc3n2)c1. The number of benzene rings is 3. The van der Waals surface area contributed by atoms with Gasteiger partial charge in [0, 0.05) is 27.2 Å². The fourth-order valence-corrected chi connectivity index (χ4v) is 3.12. The zero-order valence-corrected chi connectivity index (χ0v) is 15.2. The van der Waals surface area contributed by atoms with E-state index < -0.39 is 0 Å². The average Bonchev–Trinajstić information content (AvgIpc) is 2.61. The van der Waals surface area contributed by atoms with Crippen LogP contribution < -0.4 is 5.73 Å². The molecule has 0 aliphatic rings. The van der Waals surface area contributed by atoms with Gasteiger partial charge in [-0.2, -0.15) is 0 Å². The summed E-state index contributed by atoms with van der Waals surface area (Å²) in [5.74, 6) is -0.284. The number of nitrogens with zero attached hydrogens (tertiary/aromatic N) is 1. The van der Waals surface area contributed by atoms with Gasteiger partial charge in [0.15, 0.2) is 0 Å². The highest BCUT2D eigenvalue weighted by Gasteiger charge is 2.13. The van der Waals surface area contributed by atoms with Crippen LogP contribution in [-0.2, 0) is 0 Å². The van der Waals surface area contributed by atoms with Crippen molar-refractivity contribution in [1.29, 1.82) is 0 Å². The Labute approximate surface area is 161 Å². The van der Waals surface area contributed by atoms with Crippen molar-refractivity contribution >= 4 is 40.6 Å². The van der Waals surface area contributed by atoms with E-state index in [1.807, 2.05) is 48.5 Å². The van der Waals surface area contributed by atoms with Gasteiger partial charge in [-0.25, -0.2) is 9.37 Å². The number of anilines is 1. The molecule has 0 fully saturated rings. The van der Waals surface area contributed by atoms with Crippen molar-refractivity contribution in [2.75, 3.05) is 5.73 Å². The minimum atomic E-state index is -0.284. The molecule has 0 radical (unpaired) electrons. The molecule has 26 heavy (non-hydrogen) atoms. The van der Waals surface area contributed by atoms with Crippen LogP contribution in [-0.4, -0.2) is 4.98 Å². The number of rotatable bonds is 2. The Morgan fingerprint density at radius 2 is 1.65 bits per heavy atom. The third kappa shape index (κ3) is 3.36. The molecular weight excluding hydrogens is 370 g/mol. The molecule has 3 aromatic carbocycles. The predicted molar refractivity (Wildman–Crippen MR) is 109 cm³/mol. The first kappa shape index (κ1) is 18.2. The van der Waals surface area contributed by atoms with E-state index in [1.165, 1.54) is 6.07 Å². The van der Waals surface area contributed by atoms with E-state index in [4.69, 9.17) is 22.3 Å². The minimum Gasteiger partial charge on any atom is -0.399 e. The fourth-order valence-electron chi connectivity index (χ4n) is 2.95. The van der Waals surface area contributed by atoms with Crippen molar-refractivity contribution in [3.63, 3.8) is 0 Å². The molecule has 0 spiro atoms. The molecule has 0 saturated carbocycles. The van der Waals surface area contributed by atoms with E-state index >= 15 is 0 Å². The van der Waals surface area contributed by atoms with Gasteiger partial charge < -0.3 is 5.73 Å². The zero-order chi connectivity index (χ0) is 17.4. The van der Waals surface area contributed by atoms with E-state index in [9.17, 15) is 4.39 Å². The van der Waals surface area contributed by atoms with Crippen molar-refractivity contribution < 1.29 is 4.39 Å². The number of hydrogen-bond donors (Lipinski definition) is 1. The van der Waals surface area contributed by atoms with Crippen LogP contribution in [0.3, 0.4) is 0 Å². The number of halogens is 3. The highest BCUT2D eigenvalue weighted by molar-refractivity contribution is 6.31. The normalized spacial score (nSPS) is 10.5. The van der Waals surface area contributed by atoms with E-state index in [1.54, 1.807) is 18.2 Å². The summed E-state index contributed by atoms with van der Waals surface area (Å²) in [5.41, 5.74) is 10.2. The monoisotopic (exact) mass is 384 g/mol. The van der Waals surface area contributed by atoms with Crippen molar-refractivity contribution in [2.45, 2.75) is 0 Å². The fraction of sp³-hybridized carbons (Fsp3) is 0. The Hall–Kier alpha value is -2.62. The maximum atomic E-state index is 14.4. The van der Waals surface area contributed by atoms with Crippen molar-refractivity contribution in [3.05, 3.63) is 83.6 Å². The summed E-state index contributed by atoms with van der Waals surface area (Å²) in [4.78, 5) is 4.71. The van der Waals surface area contributed by atoms with Crippen LogP contribution in [0.5, 0.6) is 0 Å². The number of aromatic nitrogens is 1. The number of nitrogens with two attached hydrogens (primary N) is 1. The number of nitrogen functional groups attached to an aromatic ring is 1. The van der Waals surface area contributed by atoms with Gasteiger partial charge >= 0.3 is 0 Å². The molecule has 0 unspecified atom stereocenters. The van der Waals surface area contributed by atoms with Crippen LogP contribution >= 0.6 is 24.0 Å². The molecule has 2 N–H and O–H groups in total. The van der Waals surface area contributed by atoms with E-state index in [0.717, 1.165) is 27.7 Å². The van der Waals surface area contributed by atoms with Gasteiger partial charge in [-0.3, -0.25) is 0 Å². The average molecular weight is 385 g/mol. The summed E-state index contributed by atoms with van der Waals surface area (Å²) in [6, 6.07) is 21.5. The van der Waals surface area contributed by atoms with Crippen molar-refractivity contribution in [2.24, 2.45) is 0 Å². The summed E-state index contributed by atoms with van der Waals surface area (Å²) in [6.45, 7) is 0. The Morgan fingerprint density at radius 1 is 0.846 bits per heavy atom. The van der Waals surface area contributed by atoms with Crippen LogP contribution in [0.25, 0.3) is 33.3 Å². The molecule has 0 bridgehead atoms. The first-order chi connectivity index (χ1) is 12.1. The first-order valence-electron chi connectivity index (χ1n) is 7.83. The third-order valence-corrected chi connectivity index (χ3v) is 4.35. The molecule has 0 aliphatic carbocycles. The maximum absolute atomic E-state index is 14.4. The van der Waals surface area contributed by atoms with E-state index in [-0.39, 0.29) is 18.2 Å². The second-order valence-electron chi connectivity index (χ2n) is 5.82. The van der Waals surface area contributed by atoms with Crippen LogP contribution in [0.15, 0.2) is 72.8 Å². The van der Waals surface area contributed by atoms with E-state index in [2.05, 4.69) is 0 Å². The van der Waals surface area contributed by atoms with Gasteiger partial charge in [0.25, 0.3) is 0 Å².